The average Bonchev–Trinajstić information content (AvgIpc) is 2.60. The maximum Gasteiger partial charge on any atom is 0.0210 e. The number of benzene rings is 1. The molecule has 0 unspecified atom stereocenters. The van der Waals surface area contributed by atoms with Crippen LogP contribution >= 0.6 is 15.9 Å². The Labute approximate surface area is 88.5 Å². The highest BCUT2D eigenvalue weighted by molar-refractivity contribution is 9.10. The lowest BCUT2D eigenvalue weighted by Gasteiger charge is -2.11. The number of hydrogen-bond acceptors (Lipinski definition) is 0. The minimum absolute atomic E-state index is 1.17. The Bertz CT molecular complexity index is 339. The highest BCUT2D eigenvalue weighted by Gasteiger charge is 2.17. The molecule has 0 radical (unpaired) electrons. The number of halogens is 1. The molecule has 1 aliphatic carbocycles. The first-order chi connectivity index (χ1) is 6.24. The monoisotopic (exact) mass is 238 g/mol. The summed E-state index contributed by atoms with van der Waals surface area (Å²) in [5.74, 6) is 0. The van der Waals surface area contributed by atoms with Gasteiger partial charge in [0.1, 0.15) is 0 Å². The van der Waals surface area contributed by atoms with Crippen molar-refractivity contribution in [1.82, 2.24) is 0 Å². The Kier molecular flexibility index (Phi) is 2.46. The van der Waals surface area contributed by atoms with Crippen LogP contribution in [-0.2, 0) is 19.3 Å². The smallest absolute Gasteiger partial charge is 0.0210 e. The Balaban J connectivity index is 2.64. The summed E-state index contributed by atoms with van der Waals surface area (Å²) in [6.45, 7) is 4.48. The molecule has 0 spiro atoms. The summed E-state index contributed by atoms with van der Waals surface area (Å²) in [4.78, 5) is 0. The lowest BCUT2D eigenvalue weighted by Crippen LogP contribution is -1.95. The van der Waals surface area contributed by atoms with Crippen LogP contribution in [0.2, 0.25) is 0 Å². The molecule has 0 nitrogen and oxygen atoms in total. The fraction of sp³-hybridized carbons (Fsp3) is 0.500. The summed E-state index contributed by atoms with van der Waals surface area (Å²) in [6.07, 6.45) is 5.10. The first-order valence-corrected chi connectivity index (χ1v) is 5.83. The van der Waals surface area contributed by atoms with Gasteiger partial charge in [-0.1, -0.05) is 22.9 Å². The van der Waals surface area contributed by atoms with Crippen LogP contribution < -0.4 is 0 Å². The van der Waals surface area contributed by atoms with Gasteiger partial charge in [-0.2, -0.15) is 0 Å². The average molecular weight is 239 g/mol. The molecule has 0 fully saturated rings. The van der Waals surface area contributed by atoms with E-state index in [0.717, 1.165) is 0 Å². The molecule has 13 heavy (non-hydrogen) atoms. The molecule has 0 saturated heterocycles. The third-order valence-electron chi connectivity index (χ3n) is 3.10. The lowest BCUT2D eigenvalue weighted by atomic mass is 9.97. The van der Waals surface area contributed by atoms with Gasteiger partial charge in [-0.3, -0.25) is 0 Å². The zero-order valence-electron chi connectivity index (χ0n) is 8.28. The van der Waals surface area contributed by atoms with Gasteiger partial charge in [0.25, 0.3) is 0 Å². The molecule has 2 rings (SSSR count). The predicted octanol–water partition coefficient (Wildman–Crippen LogP) is 3.81. The van der Waals surface area contributed by atoms with Crippen LogP contribution in [0.1, 0.15) is 35.6 Å². The topological polar surface area (TPSA) is 0 Å². The van der Waals surface area contributed by atoms with Crippen LogP contribution in [0, 0.1) is 6.92 Å². The van der Waals surface area contributed by atoms with E-state index < -0.39 is 0 Å². The second-order valence-corrected chi connectivity index (χ2v) is 4.66. The number of hydrogen-bond donors (Lipinski definition) is 0. The van der Waals surface area contributed by atoms with E-state index in [9.17, 15) is 0 Å². The second kappa shape index (κ2) is 3.45. The van der Waals surface area contributed by atoms with Crippen molar-refractivity contribution in [1.29, 1.82) is 0 Å². The van der Waals surface area contributed by atoms with Gasteiger partial charge in [-0.15, -0.1) is 0 Å². The molecular formula is C12H15Br. The molecule has 1 aliphatic rings. The lowest BCUT2D eigenvalue weighted by molar-refractivity contribution is 0.903. The van der Waals surface area contributed by atoms with Gasteiger partial charge in [0, 0.05) is 4.47 Å². The molecule has 0 amide bonds. The second-order valence-electron chi connectivity index (χ2n) is 3.81. The van der Waals surface area contributed by atoms with E-state index in [-0.39, 0.29) is 0 Å². The zero-order chi connectivity index (χ0) is 9.42. The molecule has 0 aliphatic heterocycles. The predicted molar refractivity (Wildman–Crippen MR) is 60.3 cm³/mol. The fourth-order valence-corrected chi connectivity index (χ4v) is 2.84. The summed E-state index contributed by atoms with van der Waals surface area (Å²) in [7, 11) is 0. The molecule has 0 N–H and O–H groups in total. The van der Waals surface area contributed by atoms with E-state index in [4.69, 9.17) is 0 Å². The first kappa shape index (κ1) is 9.26. The van der Waals surface area contributed by atoms with E-state index in [1.165, 1.54) is 35.7 Å². The van der Waals surface area contributed by atoms with Crippen molar-refractivity contribution in [3.05, 3.63) is 32.8 Å². The summed E-state index contributed by atoms with van der Waals surface area (Å²) >= 11 is 3.64. The minimum atomic E-state index is 1.17. The van der Waals surface area contributed by atoms with Crippen LogP contribution in [0.3, 0.4) is 0 Å². The third kappa shape index (κ3) is 1.43. The van der Waals surface area contributed by atoms with E-state index in [2.05, 4.69) is 35.8 Å². The Hall–Kier alpha value is -0.300. The summed E-state index contributed by atoms with van der Waals surface area (Å²) in [5.41, 5.74) is 6.27. The van der Waals surface area contributed by atoms with E-state index in [1.54, 1.807) is 16.7 Å². The van der Waals surface area contributed by atoms with Crippen molar-refractivity contribution in [2.75, 3.05) is 0 Å². The van der Waals surface area contributed by atoms with Crippen LogP contribution in [0.15, 0.2) is 10.5 Å². The fourth-order valence-electron chi connectivity index (χ4n) is 2.32. The van der Waals surface area contributed by atoms with Crippen LogP contribution in [0.5, 0.6) is 0 Å². The maximum absolute atomic E-state index is 3.64. The SMILES string of the molecule is CCc1cc(Br)c(C)c2c1CCC2. The molecule has 70 valence electrons. The maximum atomic E-state index is 3.64. The Morgan fingerprint density at radius 2 is 2.00 bits per heavy atom. The normalized spacial score (nSPS) is 14.7. The number of aryl methyl sites for hydroxylation is 1. The quantitative estimate of drug-likeness (QED) is 0.699. The summed E-state index contributed by atoms with van der Waals surface area (Å²) in [5, 5.41) is 0. The summed E-state index contributed by atoms with van der Waals surface area (Å²) < 4.78 is 1.30. The van der Waals surface area contributed by atoms with Gasteiger partial charge < -0.3 is 0 Å². The van der Waals surface area contributed by atoms with E-state index in [1.807, 2.05) is 0 Å². The minimum Gasteiger partial charge on any atom is -0.0613 e. The number of fused-ring (bicyclic) bond motifs is 1. The van der Waals surface area contributed by atoms with E-state index >= 15 is 0 Å². The van der Waals surface area contributed by atoms with Gasteiger partial charge >= 0.3 is 0 Å². The largest absolute Gasteiger partial charge is 0.0613 e. The molecule has 0 heterocycles. The van der Waals surface area contributed by atoms with Crippen molar-refractivity contribution in [3.63, 3.8) is 0 Å². The van der Waals surface area contributed by atoms with Gasteiger partial charge in [-0.25, -0.2) is 0 Å². The zero-order valence-corrected chi connectivity index (χ0v) is 9.87. The van der Waals surface area contributed by atoms with E-state index in [0.29, 0.717) is 0 Å². The van der Waals surface area contributed by atoms with Crippen LogP contribution in [0.4, 0.5) is 0 Å². The van der Waals surface area contributed by atoms with Gasteiger partial charge in [0.15, 0.2) is 0 Å². The summed E-state index contributed by atoms with van der Waals surface area (Å²) in [6, 6.07) is 2.31. The molecule has 0 atom stereocenters. The van der Waals surface area contributed by atoms with Gasteiger partial charge in [0.2, 0.25) is 0 Å². The highest BCUT2D eigenvalue weighted by atomic mass is 79.9. The number of rotatable bonds is 1. The molecule has 1 aromatic rings. The van der Waals surface area contributed by atoms with Crippen molar-refractivity contribution >= 4 is 15.9 Å². The van der Waals surface area contributed by atoms with Crippen molar-refractivity contribution in [2.24, 2.45) is 0 Å². The molecular weight excluding hydrogens is 224 g/mol. The Morgan fingerprint density at radius 3 is 2.69 bits per heavy atom. The van der Waals surface area contributed by atoms with Crippen LogP contribution in [-0.4, -0.2) is 0 Å². The molecule has 1 aromatic carbocycles. The van der Waals surface area contributed by atoms with Crippen molar-refractivity contribution in [2.45, 2.75) is 39.5 Å². The van der Waals surface area contributed by atoms with Crippen molar-refractivity contribution < 1.29 is 0 Å². The third-order valence-corrected chi connectivity index (χ3v) is 3.92. The van der Waals surface area contributed by atoms with Crippen LogP contribution in [0.25, 0.3) is 0 Å². The van der Waals surface area contributed by atoms with Gasteiger partial charge in [-0.05, 0) is 60.9 Å². The van der Waals surface area contributed by atoms with Crippen molar-refractivity contribution in [3.8, 4) is 0 Å². The first-order valence-electron chi connectivity index (χ1n) is 5.03. The van der Waals surface area contributed by atoms with Gasteiger partial charge in [0.05, 0.1) is 0 Å². The standard InChI is InChI=1S/C12H15Br/c1-3-9-7-12(13)8(2)10-5-4-6-11(9)10/h7H,3-6H2,1-2H3. The highest BCUT2D eigenvalue weighted by Crippen LogP contribution is 2.33. The Morgan fingerprint density at radius 1 is 1.31 bits per heavy atom. The molecule has 0 saturated carbocycles. The molecule has 0 aromatic heterocycles. The molecule has 0 bridgehead atoms. The molecule has 1 heteroatoms.